The second kappa shape index (κ2) is 4.27. The largest absolute Gasteiger partial charge is 0.481 e. The van der Waals surface area contributed by atoms with Gasteiger partial charge in [-0.3, -0.25) is 4.79 Å². The molecule has 1 aliphatic rings. The molecule has 1 saturated heterocycles. The zero-order valence-electron chi connectivity index (χ0n) is 8.68. The lowest BCUT2D eigenvalue weighted by Gasteiger charge is -2.19. The summed E-state index contributed by atoms with van der Waals surface area (Å²) in [6, 6.07) is 2.72. The van der Waals surface area contributed by atoms with Gasteiger partial charge in [-0.2, -0.15) is 0 Å². The van der Waals surface area contributed by atoms with Crippen LogP contribution in [0.5, 0.6) is 0 Å². The third-order valence-electron chi connectivity index (χ3n) is 3.16. The Morgan fingerprint density at radius 3 is 2.69 bits per heavy atom. The molecule has 1 aliphatic heterocycles. The van der Waals surface area contributed by atoms with Gasteiger partial charge in [-0.05, 0) is 5.92 Å². The number of aliphatic carboxylic acids is 1. The molecule has 0 bridgehead atoms. The Morgan fingerprint density at radius 2 is 2.08 bits per heavy atom. The van der Waals surface area contributed by atoms with E-state index < -0.39 is 14.0 Å². The molecule has 13 heavy (non-hydrogen) atoms. The lowest BCUT2D eigenvalue weighted by Crippen LogP contribution is -2.23. The fourth-order valence-electron chi connectivity index (χ4n) is 2.18. The van der Waals surface area contributed by atoms with Crippen LogP contribution in [0.15, 0.2) is 0 Å². The van der Waals surface area contributed by atoms with Crippen LogP contribution < -0.4 is 0 Å². The van der Waals surface area contributed by atoms with Crippen LogP contribution >= 0.6 is 0 Å². The summed E-state index contributed by atoms with van der Waals surface area (Å²) in [7, 11) is -0.927. The van der Waals surface area contributed by atoms with Gasteiger partial charge in [0.05, 0.1) is 0 Å². The van der Waals surface area contributed by atoms with Crippen LogP contribution in [-0.4, -0.2) is 19.1 Å². The van der Waals surface area contributed by atoms with Crippen molar-refractivity contribution in [3.63, 3.8) is 0 Å². The summed E-state index contributed by atoms with van der Waals surface area (Å²) in [6.45, 7) is 4.85. The molecule has 1 unspecified atom stereocenters. The molecule has 3 heteroatoms. The minimum Gasteiger partial charge on any atom is -0.481 e. The Balaban J connectivity index is 2.40. The van der Waals surface area contributed by atoms with E-state index in [0.717, 1.165) is 12.8 Å². The Labute approximate surface area is 81.4 Å². The third kappa shape index (κ3) is 3.94. The smallest absolute Gasteiger partial charge is 0.303 e. The first kappa shape index (κ1) is 10.8. The number of hydrogen-bond donors (Lipinski definition) is 1. The summed E-state index contributed by atoms with van der Waals surface area (Å²) in [5.41, 5.74) is 0. The minimum atomic E-state index is -0.927. The average molecular weight is 200 g/mol. The SMILES string of the molecule is C[Si]1(C)CCCC(CC(=O)O)CC1. The molecule has 2 nitrogen and oxygen atoms in total. The van der Waals surface area contributed by atoms with Crippen molar-refractivity contribution in [2.45, 2.75) is 50.9 Å². The summed E-state index contributed by atoms with van der Waals surface area (Å²) >= 11 is 0. The van der Waals surface area contributed by atoms with Gasteiger partial charge in [-0.15, -0.1) is 0 Å². The van der Waals surface area contributed by atoms with Crippen LogP contribution in [0.2, 0.25) is 25.2 Å². The number of hydrogen-bond acceptors (Lipinski definition) is 1. The van der Waals surface area contributed by atoms with E-state index in [4.69, 9.17) is 5.11 Å². The molecule has 0 aromatic heterocycles. The normalized spacial score (nSPS) is 28.0. The van der Waals surface area contributed by atoms with Crippen molar-refractivity contribution in [3.8, 4) is 0 Å². The first-order valence-electron chi connectivity index (χ1n) is 5.21. The minimum absolute atomic E-state index is 0.393. The van der Waals surface area contributed by atoms with Gasteiger partial charge in [0.25, 0.3) is 0 Å². The molecular weight excluding hydrogens is 180 g/mol. The molecule has 0 spiro atoms. The van der Waals surface area contributed by atoms with Crippen molar-refractivity contribution in [1.29, 1.82) is 0 Å². The van der Waals surface area contributed by atoms with E-state index in [1.54, 1.807) is 0 Å². The quantitative estimate of drug-likeness (QED) is 0.696. The monoisotopic (exact) mass is 200 g/mol. The van der Waals surface area contributed by atoms with Crippen molar-refractivity contribution in [3.05, 3.63) is 0 Å². The number of carboxylic acids is 1. The molecule has 0 amide bonds. The first-order chi connectivity index (χ1) is 5.99. The van der Waals surface area contributed by atoms with Crippen LogP contribution in [0.3, 0.4) is 0 Å². The van der Waals surface area contributed by atoms with Crippen LogP contribution in [0.25, 0.3) is 0 Å². The molecule has 0 saturated carbocycles. The molecule has 1 atom stereocenters. The first-order valence-corrected chi connectivity index (χ1v) is 8.63. The van der Waals surface area contributed by atoms with Crippen LogP contribution in [0.1, 0.15) is 25.7 Å². The summed E-state index contributed by atoms with van der Waals surface area (Å²) in [4.78, 5) is 10.6. The van der Waals surface area contributed by atoms with E-state index in [0.29, 0.717) is 12.3 Å². The Bertz CT molecular complexity index is 189. The molecule has 76 valence electrons. The van der Waals surface area contributed by atoms with Gasteiger partial charge in [-0.25, -0.2) is 0 Å². The van der Waals surface area contributed by atoms with Gasteiger partial charge in [0.2, 0.25) is 0 Å². The highest BCUT2D eigenvalue weighted by Crippen LogP contribution is 2.31. The maximum Gasteiger partial charge on any atom is 0.303 e. The third-order valence-corrected chi connectivity index (χ3v) is 6.51. The summed E-state index contributed by atoms with van der Waals surface area (Å²) in [5, 5.41) is 8.70. The van der Waals surface area contributed by atoms with Crippen LogP contribution in [0, 0.1) is 5.92 Å². The molecular formula is C10H20O2Si. The Kier molecular flexibility index (Phi) is 3.53. The molecule has 1 fully saturated rings. The van der Waals surface area contributed by atoms with E-state index in [2.05, 4.69) is 13.1 Å². The maximum absolute atomic E-state index is 10.6. The van der Waals surface area contributed by atoms with Crippen LogP contribution in [-0.2, 0) is 4.79 Å². The molecule has 1 rings (SSSR count). The van der Waals surface area contributed by atoms with Crippen molar-refractivity contribution >= 4 is 14.0 Å². The molecule has 1 N–H and O–H groups in total. The molecule has 0 radical (unpaired) electrons. The van der Waals surface area contributed by atoms with Crippen molar-refractivity contribution in [2.24, 2.45) is 5.92 Å². The van der Waals surface area contributed by atoms with E-state index in [1.807, 2.05) is 0 Å². The van der Waals surface area contributed by atoms with Gasteiger partial charge < -0.3 is 5.11 Å². The number of rotatable bonds is 2. The van der Waals surface area contributed by atoms with Crippen molar-refractivity contribution < 1.29 is 9.90 Å². The molecule has 0 aliphatic carbocycles. The van der Waals surface area contributed by atoms with E-state index in [9.17, 15) is 4.79 Å². The standard InChI is InChI=1S/C10H20O2Si/c1-13(2)6-3-4-9(5-7-13)8-10(11)12/h9H,3-8H2,1-2H3,(H,11,12). The molecule has 0 aromatic rings. The highest BCUT2D eigenvalue weighted by atomic mass is 28.3. The Hall–Kier alpha value is -0.313. The van der Waals surface area contributed by atoms with Gasteiger partial charge in [0.15, 0.2) is 0 Å². The fourth-order valence-corrected chi connectivity index (χ4v) is 4.79. The van der Waals surface area contributed by atoms with Crippen LogP contribution in [0.4, 0.5) is 0 Å². The predicted molar refractivity (Wildman–Crippen MR) is 56.7 cm³/mol. The molecule has 1 heterocycles. The number of carbonyl (C=O) groups is 1. The lowest BCUT2D eigenvalue weighted by atomic mass is 9.97. The van der Waals surface area contributed by atoms with Gasteiger partial charge in [0.1, 0.15) is 0 Å². The van der Waals surface area contributed by atoms with Gasteiger partial charge in [0, 0.05) is 14.5 Å². The van der Waals surface area contributed by atoms with Gasteiger partial charge in [-0.1, -0.05) is 44.4 Å². The van der Waals surface area contributed by atoms with E-state index in [1.165, 1.54) is 18.5 Å². The van der Waals surface area contributed by atoms with Gasteiger partial charge >= 0.3 is 5.97 Å². The zero-order chi connectivity index (χ0) is 9.90. The Morgan fingerprint density at radius 1 is 1.38 bits per heavy atom. The highest BCUT2D eigenvalue weighted by Gasteiger charge is 2.26. The fraction of sp³-hybridized carbons (Fsp3) is 0.900. The average Bonchev–Trinajstić information content (AvgIpc) is 2.12. The highest BCUT2D eigenvalue weighted by molar-refractivity contribution is 6.77. The van der Waals surface area contributed by atoms with E-state index in [-0.39, 0.29) is 0 Å². The summed E-state index contributed by atoms with van der Waals surface area (Å²) in [6.07, 6.45) is 3.95. The summed E-state index contributed by atoms with van der Waals surface area (Å²) in [5.74, 6) is -0.154. The van der Waals surface area contributed by atoms with Crippen molar-refractivity contribution in [1.82, 2.24) is 0 Å². The van der Waals surface area contributed by atoms with Crippen molar-refractivity contribution in [2.75, 3.05) is 0 Å². The molecule has 0 aromatic carbocycles. The zero-order valence-corrected chi connectivity index (χ0v) is 9.68. The number of carboxylic acid groups (broad SMARTS) is 1. The maximum atomic E-state index is 10.6. The topological polar surface area (TPSA) is 37.3 Å². The predicted octanol–water partition coefficient (Wildman–Crippen LogP) is 2.97. The van der Waals surface area contributed by atoms with E-state index >= 15 is 0 Å². The lowest BCUT2D eigenvalue weighted by molar-refractivity contribution is -0.138. The summed E-state index contributed by atoms with van der Waals surface area (Å²) < 4.78 is 0. The second-order valence-corrected chi connectivity index (χ2v) is 10.4. The second-order valence-electron chi connectivity index (χ2n) is 5.06.